The molecule has 0 unspecified atom stereocenters. The van der Waals surface area contributed by atoms with E-state index in [1.807, 2.05) is 0 Å². The lowest BCUT2D eigenvalue weighted by atomic mass is 10.1. The van der Waals surface area contributed by atoms with E-state index in [-0.39, 0.29) is 6.07 Å². The van der Waals surface area contributed by atoms with Gasteiger partial charge in [-0.05, 0) is 6.07 Å². The molecule has 0 heterocycles. The Morgan fingerprint density at radius 3 is 1.93 bits per heavy atom. The molecule has 0 aliphatic heterocycles. The van der Waals surface area contributed by atoms with Crippen LogP contribution in [0.4, 0.5) is 33.3 Å². The lowest BCUT2D eigenvalue weighted by molar-refractivity contribution is -0.140. The fraction of sp³-hybridized carbons (Fsp3) is 0.143. The Hall–Kier alpha value is -1.53. The van der Waals surface area contributed by atoms with Crippen LogP contribution >= 0.6 is 0 Å². The molecule has 2 nitrogen and oxygen atoms in total. The van der Waals surface area contributed by atoms with Gasteiger partial charge in [-0.1, -0.05) is 0 Å². The number of nitrogen functional groups attached to an aromatic ring is 2. The number of hydrogen-bond acceptors (Lipinski definition) is 2. The lowest BCUT2D eigenvalue weighted by Gasteiger charge is -2.11. The van der Waals surface area contributed by atoms with E-state index < -0.39 is 34.7 Å². The summed E-state index contributed by atoms with van der Waals surface area (Å²) in [5, 5.41) is 0. The Labute approximate surface area is 75.3 Å². The molecule has 0 saturated heterocycles. The molecule has 0 aromatic heterocycles. The minimum absolute atomic E-state index is 0.258. The van der Waals surface area contributed by atoms with Crippen molar-refractivity contribution < 1.29 is 22.0 Å². The van der Waals surface area contributed by atoms with Gasteiger partial charge in [-0.15, -0.1) is 0 Å². The van der Waals surface area contributed by atoms with Gasteiger partial charge < -0.3 is 11.5 Å². The van der Waals surface area contributed by atoms with Gasteiger partial charge in [0, 0.05) is 0 Å². The second-order valence-electron chi connectivity index (χ2n) is 2.55. The van der Waals surface area contributed by atoms with E-state index in [4.69, 9.17) is 11.5 Å². The predicted octanol–water partition coefficient (Wildman–Crippen LogP) is 2.15. The largest absolute Gasteiger partial charge is 0.419 e. The van der Waals surface area contributed by atoms with Gasteiger partial charge in [0.25, 0.3) is 0 Å². The number of halogens is 5. The fourth-order valence-electron chi connectivity index (χ4n) is 0.866. The maximum atomic E-state index is 12.7. The zero-order valence-corrected chi connectivity index (χ0v) is 6.62. The molecule has 0 radical (unpaired) electrons. The van der Waals surface area contributed by atoms with Crippen LogP contribution in [0.1, 0.15) is 5.56 Å². The Bertz CT molecular complexity index is 371. The number of rotatable bonds is 0. The second-order valence-corrected chi connectivity index (χ2v) is 2.55. The number of hydrogen-bond donors (Lipinski definition) is 2. The normalized spacial score (nSPS) is 11.8. The lowest BCUT2D eigenvalue weighted by Crippen LogP contribution is -2.12. The molecule has 0 aliphatic carbocycles. The summed E-state index contributed by atoms with van der Waals surface area (Å²) in [7, 11) is 0. The summed E-state index contributed by atoms with van der Waals surface area (Å²) < 4.78 is 61.5. The highest BCUT2D eigenvalue weighted by molar-refractivity contribution is 5.65. The van der Waals surface area contributed by atoms with Gasteiger partial charge in [0.2, 0.25) is 0 Å². The van der Waals surface area contributed by atoms with Crippen molar-refractivity contribution >= 4 is 11.4 Å². The quantitative estimate of drug-likeness (QED) is 0.511. The van der Waals surface area contributed by atoms with Crippen molar-refractivity contribution in [3.8, 4) is 0 Å². The molecule has 0 saturated carbocycles. The molecule has 0 aliphatic rings. The Morgan fingerprint density at radius 1 is 1.00 bits per heavy atom. The summed E-state index contributed by atoms with van der Waals surface area (Å²) in [5.74, 6) is -3.82. The second kappa shape index (κ2) is 3.00. The van der Waals surface area contributed by atoms with Crippen LogP contribution in [0.3, 0.4) is 0 Å². The molecule has 0 amide bonds. The van der Waals surface area contributed by atoms with Crippen LogP contribution in [-0.2, 0) is 6.18 Å². The van der Waals surface area contributed by atoms with Crippen LogP contribution in [-0.4, -0.2) is 0 Å². The van der Waals surface area contributed by atoms with Gasteiger partial charge in [-0.3, -0.25) is 0 Å². The average Bonchev–Trinajstić information content (AvgIpc) is 2.06. The molecule has 1 rings (SSSR count). The van der Waals surface area contributed by atoms with Crippen molar-refractivity contribution in [2.75, 3.05) is 11.5 Å². The molecule has 1 aromatic carbocycles. The first-order valence-corrected chi connectivity index (χ1v) is 3.35. The van der Waals surface area contributed by atoms with E-state index in [0.29, 0.717) is 0 Å². The minimum Gasteiger partial charge on any atom is -0.397 e. The summed E-state index contributed by atoms with van der Waals surface area (Å²) >= 11 is 0. The smallest absolute Gasteiger partial charge is 0.397 e. The van der Waals surface area contributed by atoms with Gasteiger partial charge in [0.15, 0.2) is 11.6 Å². The average molecular weight is 212 g/mol. The Morgan fingerprint density at radius 2 is 1.50 bits per heavy atom. The van der Waals surface area contributed by atoms with Crippen LogP contribution in [0.25, 0.3) is 0 Å². The SMILES string of the molecule is Nc1cc(C(F)(F)F)c(F)c(F)c1N. The molecule has 0 spiro atoms. The third-order valence-electron chi connectivity index (χ3n) is 1.58. The van der Waals surface area contributed by atoms with E-state index in [0.717, 1.165) is 0 Å². The molecule has 0 atom stereocenters. The third-order valence-corrected chi connectivity index (χ3v) is 1.58. The highest BCUT2D eigenvalue weighted by Gasteiger charge is 2.36. The third kappa shape index (κ3) is 1.57. The molecule has 7 heteroatoms. The van der Waals surface area contributed by atoms with E-state index in [2.05, 4.69) is 0 Å². The van der Waals surface area contributed by atoms with Gasteiger partial charge in [0.1, 0.15) is 0 Å². The monoisotopic (exact) mass is 212 g/mol. The molecule has 78 valence electrons. The highest BCUT2D eigenvalue weighted by atomic mass is 19.4. The highest BCUT2D eigenvalue weighted by Crippen LogP contribution is 2.36. The Balaban J connectivity index is 3.49. The molecule has 4 N–H and O–H groups in total. The van der Waals surface area contributed by atoms with Crippen LogP contribution in [0.2, 0.25) is 0 Å². The zero-order valence-electron chi connectivity index (χ0n) is 6.62. The number of anilines is 2. The van der Waals surface area contributed by atoms with E-state index in [1.54, 1.807) is 0 Å². The number of benzene rings is 1. The van der Waals surface area contributed by atoms with Crippen molar-refractivity contribution in [3.63, 3.8) is 0 Å². The molecule has 1 aromatic rings. The summed E-state index contributed by atoms with van der Waals surface area (Å²) in [6.07, 6.45) is -4.99. The first-order valence-electron chi connectivity index (χ1n) is 3.35. The van der Waals surface area contributed by atoms with Crippen LogP contribution < -0.4 is 11.5 Å². The number of nitrogens with two attached hydrogens (primary N) is 2. The first-order chi connectivity index (χ1) is 6.25. The van der Waals surface area contributed by atoms with E-state index in [1.165, 1.54) is 0 Å². The standard InChI is InChI=1S/C7H5F5N2/c8-4-2(7(10,11)12)1-3(13)6(14)5(4)9/h1H,13-14H2. The van der Waals surface area contributed by atoms with Crippen molar-refractivity contribution in [3.05, 3.63) is 23.3 Å². The maximum Gasteiger partial charge on any atom is 0.419 e. The summed E-state index contributed by atoms with van der Waals surface area (Å²) in [4.78, 5) is 0. The summed E-state index contributed by atoms with van der Waals surface area (Å²) in [6, 6.07) is 0.258. The zero-order chi connectivity index (χ0) is 11.1. The molecule has 0 fully saturated rings. The number of alkyl halides is 3. The van der Waals surface area contributed by atoms with Crippen molar-refractivity contribution in [2.24, 2.45) is 0 Å². The van der Waals surface area contributed by atoms with Crippen LogP contribution in [0.5, 0.6) is 0 Å². The molecule has 14 heavy (non-hydrogen) atoms. The van der Waals surface area contributed by atoms with Gasteiger partial charge in [0.05, 0.1) is 16.9 Å². The van der Waals surface area contributed by atoms with Crippen molar-refractivity contribution in [1.82, 2.24) is 0 Å². The van der Waals surface area contributed by atoms with E-state index in [9.17, 15) is 22.0 Å². The van der Waals surface area contributed by atoms with Gasteiger partial charge >= 0.3 is 6.18 Å². The van der Waals surface area contributed by atoms with Crippen molar-refractivity contribution in [1.29, 1.82) is 0 Å². The van der Waals surface area contributed by atoms with Crippen molar-refractivity contribution in [2.45, 2.75) is 6.18 Å². The molecular formula is C7H5F5N2. The molecular weight excluding hydrogens is 207 g/mol. The van der Waals surface area contributed by atoms with E-state index >= 15 is 0 Å². The fourth-order valence-corrected chi connectivity index (χ4v) is 0.866. The van der Waals surface area contributed by atoms with Gasteiger partial charge in [-0.25, -0.2) is 8.78 Å². The summed E-state index contributed by atoms with van der Waals surface area (Å²) in [5.41, 5.74) is 6.61. The molecule has 0 bridgehead atoms. The minimum atomic E-state index is -4.99. The van der Waals surface area contributed by atoms with Crippen LogP contribution in [0.15, 0.2) is 6.07 Å². The topological polar surface area (TPSA) is 52.0 Å². The maximum absolute atomic E-state index is 12.7. The predicted molar refractivity (Wildman–Crippen MR) is 40.2 cm³/mol. The van der Waals surface area contributed by atoms with Crippen LogP contribution in [0, 0.1) is 11.6 Å². The Kier molecular flexibility index (Phi) is 2.26. The van der Waals surface area contributed by atoms with Gasteiger partial charge in [-0.2, -0.15) is 13.2 Å². The summed E-state index contributed by atoms with van der Waals surface area (Å²) in [6.45, 7) is 0. The first kappa shape index (κ1) is 10.6.